The van der Waals surface area contributed by atoms with Crippen LogP contribution in [0.15, 0.2) is 48.5 Å². The minimum Gasteiger partial charge on any atom is -0.218 e. The van der Waals surface area contributed by atoms with E-state index in [1.54, 1.807) is 30.3 Å². The highest BCUT2D eigenvalue weighted by atomic mass is 19.4. The zero-order valence-electron chi connectivity index (χ0n) is 12.5. The summed E-state index contributed by atoms with van der Waals surface area (Å²) in [7, 11) is 0. The van der Waals surface area contributed by atoms with Crippen molar-refractivity contribution < 1.29 is 30.7 Å². The van der Waals surface area contributed by atoms with Crippen LogP contribution >= 0.6 is 0 Å². The molecule has 7 heteroatoms. The van der Waals surface area contributed by atoms with Gasteiger partial charge in [0.15, 0.2) is 0 Å². The number of halogens is 7. The van der Waals surface area contributed by atoms with Gasteiger partial charge in [0, 0.05) is 5.56 Å². The fourth-order valence-corrected chi connectivity index (χ4v) is 2.53. The molecular formula is C17H13F7. The summed E-state index contributed by atoms with van der Waals surface area (Å²) >= 11 is 0. The SMILES string of the molecule is Cc1c(Cc2ccccc2)cccc1C(F)(C(F)(F)F)C(F)(F)F. The van der Waals surface area contributed by atoms with Gasteiger partial charge in [-0.25, -0.2) is 4.39 Å². The lowest BCUT2D eigenvalue weighted by Gasteiger charge is -2.32. The Bertz CT molecular complexity index is 685. The van der Waals surface area contributed by atoms with E-state index in [-0.39, 0.29) is 17.5 Å². The van der Waals surface area contributed by atoms with E-state index in [0.29, 0.717) is 11.6 Å². The molecule has 0 amide bonds. The molecule has 0 spiro atoms. The molecule has 0 aliphatic heterocycles. The normalized spacial score (nSPS) is 13.2. The van der Waals surface area contributed by atoms with E-state index < -0.39 is 23.6 Å². The quantitative estimate of drug-likeness (QED) is 0.607. The van der Waals surface area contributed by atoms with Gasteiger partial charge in [0.05, 0.1) is 0 Å². The first-order valence-corrected chi connectivity index (χ1v) is 6.93. The second kappa shape index (κ2) is 6.11. The van der Waals surface area contributed by atoms with E-state index in [1.807, 2.05) is 0 Å². The van der Waals surface area contributed by atoms with Gasteiger partial charge in [-0.15, -0.1) is 0 Å². The van der Waals surface area contributed by atoms with Gasteiger partial charge in [0.1, 0.15) is 0 Å². The Kier molecular flexibility index (Phi) is 4.65. The number of benzene rings is 2. The van der Waals surface area contributed by atoms with Crippen LogP contribution in [0.1, 0.15) is 22.3 Å². The summed E-state index contributed by atoms with van der Waals surface area (Å²) in [5.41, 5.74) is -6.29. The first-order valence-electron chi connectivity index (χ1n) is 6.93. The molecule has 2 aromatic rings. The number of alkyl halides is 7. The van der Waals surface area contributed by atoms with Gasteiger partial charge in [-0.05, 0) is 30.0 Å². The highest BCUT2D eigenvalue weighted by Gasteiger charge is 2.73. The average molecular weight is 350 g/mol. The summed E-state index contributed by atoms with van der Waals surface area (Å²) in [4.78, 5) is 0. The van der Waals surface area contributed by atoms with Gasteiger partial charge in [0.2, 0.25) is 0 Å². The molecule has 24 heavy (non-hydrogen) atoms. The van der Waals surface area contributed by atoms with Gasteiger partial charge in [-0.3, -0.25) is 0 Å². The molecule has 0 fully saturated rings. The van der Waals surface area contributed by atoms with Crippen LogP contribution in [0.5, 0.6) is 0 Å². The smallest absolute Gasteiger partial charge is 0.218 e. The van der Waals surface area contributed by atoms with Crippen molar-refractivity contribution in [3.05, 3.63) is 70.8 Å². The molecule has 130 valence electrons. The Morgan fingerprint density at radius 3 is 1.75 bits per heavy atom. The Balaban J connectivity index is 2.57. The standard InChI is InChI=1S/C17H13F7/c1-11-13(10-12-6-3-2-4-7-12)8-5-9-14(11)15(18,16(19,20)21)17(22,23)24/h2-9H,10H2,1H3. The van der Waals surface area contributed by atoms with Gasteiger partial charge in [-0.2, -0.15) is 26.3 Å². The molecule has 0 saturated heterocycles. The van der Waals surface area contributed by atoms with Crippen LogP contribution < -0.4 is 0 Å². The Hall–Kier alpha value is -2.05. The molecule has 0 N–H and O–H groups in total. The minimum absolute atomic E-state index is 0.103. The maximum atomic E-state index is 14.3. The van der Waals surface area contributed by atoms with Gasteiger partial charge in [-0.1, -0.05) is 48.5 Å². The Labute approximate surface area is 133 Å². The van der Waals surface area contributed by atoms with Crippen molar-refractivity contribution in [2.24, 2.45) is 0 Å². The topological polar surface area (TPSA) is 0 Å². The third kappa shape index (κ3) is 3.12. The third-order valence-electron chi connectivity index (χ3n) is 3.84. The molecule has 2 aromatic carbocycles. The molecule has 0 aromatic heterocycles. The fourth-order valence-electron chi connectivity index (χ4n) is 2.53. The zero-order chi connectivity index (χ0) is 18.2. The molecule has 0 aliphatic carbocycles. The molecule has 0 unspecified atom stereocenters. The van der Waals surface area contributed by atoms with Crippen molar-refractivity contribution in [1.82, 2.24) is 0 Å². The zero-order valence-corrected chi connectivity index (χ0v) is 12.5. The number of hydrogen-bond donors (Lipinski definition) is 0. The second-order valence-corrected chi connectivity index (χ2v) is 5.41. The van der Waals surface area contributed by atoms with Crippen molar-refractivity contribution in [3.63, 3.8) is 0 Å². The van der Waals surface area contributed by atoms with E-state index in [4.69, 9.17) is 0 Å². The predicted molar refractivity (Wildman–Crippen MR) is 75.3 cm³/mol. The van der Waals surface area contributed by atoms with Crippen LogP contribution in [0.4, 0.5) is 30.7 Å². The highest BCUT2D eigenvalue weighted by Crippen LogP contribution is 2.54. The van der Waals surface area contributed by atoms with Gasteiger partial charge >= 0.3 is 18.0 Å². The van der Waals surface area contributed by atoms with Crippen molar-refractivity contribution >= 4 is 0 Å². The van der Waals surface area contributed by atoms with Gasteiger partial charge in [0.25, 0.3) is 0 Å². The molecule has 0 bridgehead atoms. The molecule has 0 aliphatic rings. The molecule has 0 nitrogen and oxygen atoms in total. The summed E-state index contributed by atoms with van der Waals surface area (Å²) in [6.45, 7) is 1.07. The van der Waals surface area contributed by atoms with Gasteiger partial charge < -0.3 is 0 Å². The monoisotopic (exact) mass is 350 g/mol. The second-order valence-electron chi connectivity index (χ2n) is 5.41. The van der Waals surface area contributed by atoms with E-state index >= 15 is 0 Å². The summed E-state index contributed by atoms with van der Waals surface area (Å²) in [5, 5.41) is 0. The summed E-state index contributed by atoms with van der Waals surface area (Å²) in [6, 6.07) is 11.4. The number of hydrogen-bond acceptors (Lipinski definition) is 0. The van der Waals surface area contributed by atoms with E-state index in [0.717, 1.165) is 13.0 Å². The van der Waals surface area contributed by atoms with Crippen molar-refractivity contribution in [2.75, 3.05) is 0 Å². The lowest BCUT2D eigenvalue weighted by Crippen LogP contribution is -2.50. The van der Waals surface area contributed by atoms with Crippen LogP contribution in [0, 0.1) is 6.92 Å². The summed E-state index contributed by atoms with van der Waals surface area (Å²) in [5.74, 6) is 0. The highest BCUT2D eigenvalue weighted by molar-refractivity contribution is 5.42. The van der Waals surface area contributed by atoms with Crippen molar-refractivity contribution in [3.8, 4) is 0 Å². The first kappa shape index (κ1) is 18.3. The Morgan fingerprint density at radius 2 is 1.25 bits per heavy atom. The van der Waals surface area contributed by atoms with Crippen LogP contribution in [0.2, 0.25) is 0 Å². The maximum absolute atomic E-state index is 14.3. The van der Waals surface area contributed by atoms with E-state index in [9.17, 15) is 30.7 Å². The van der Waals surface area contributed by atoms with Crippen LogP contribution in [-0.2, 0) is 12.1 Å². The molecule has 0 radical (unpaired) electrons. The van der Waals surface area contributed by atoms with Crippen LogP contribution in [0.3, 0.4) is 0 Å². The molecule has 2 rings (SSSR count). The molecule has 0 saturated carbocycles. The van der Waals surface area contributed by atoms with E-state index in [1.165, 1.54) is 6.07 Å². The van der Waals surface area contributed by atoms with Crippen molar-refractivity contribution in [2.45, 2.75) is 31.4 Å². The van der Waals surface area contributed by atoms with Crippen LogP contribution in [0.25, 0.3) is 0 Å². The van der Waals surface area contributed by atoms with E-state index in [2.05, 4.69) is 0 Å². The first-order chi connectivity index (χ1) is 11.0. The van der Waals surface area contributed by atoms with Crippen LogP contribution in [-0.4, -0.2) is 12.4 Å². The molecule has 0 heterocycles. The minimum atomic E-state index is -6.11. The third-order valence-corrected chi connectivity index (χ3v) is 3.84. The summed E-state index contributed by atoms with van der Waals surface area (Å²) < 4.78 is 91.8. The lowest BCUT2D eigenvalue weighted by molar-refractivity contribution is -0.348. The Morgan fingerprint density at radius 1 is 0.708 bits per heavy atom. The lowest BCUT2D eigenvalue weighted by atomic mass is 9.86. The fraction of sp³-hybridized carbons (Fsp3) is 0.294. The van der Waals surface area contributed by atoms with Crippen molar-refractivity contribution in [1.29, 1.82) is 0 Å². The summed E-state index contributed by atoms with van der Waals surface area (Å²) in [6.07, 6.45) is -12.1. The largest absolute Gasteiger partial charge is 0.435 e. The predicted octanol–water partition coefficient (Wildman–Crippen LogP) is 5.88. The maximum Gasteiger partial charge on any atom is 0.435 e. The molecular weight excluding hydrogens is 337 g/mol. The molecule has 0 atom stereocenters. The number of rotatable bonds is 3. The average Bonchev–Trinajstić information content (AvgIpc) is 2.47.